The number of amides is 1. The van der Waals surface area contributed by atoms with Crippen LogP contribution < -0.4 is 11.5 Å². The number of nitrogen functional groups attached to an aromatic ring is 1. The molecule has 4 N–H and O–H groups in total. The molecule has 1 heterocycles. The molecule has 1 aromatic heterocycles. The first kappa shape index (κ1) is 8.83. The second-order valence-corrected chi connectivity index (χ2v) is 3.15. The number of carbonyl (C=O) groups is 1. The Morgan fingerprint density at radius 2 is 2.21 bits per heavy atom. The molecule has 0 aliphatic carbocycles. The van der Waals surface area contributed by atoms with Gasteiger partial charge in [-0.15, -0.1) is 0 Å². The van der Waals surface area contributed by atoms with Crippen molar-refractivity contribution in [3.8, 4) is 0 Å². The van der Waals surface area contributed by atoms with Gasteiger partial charge in [-0.3, -0.25) is 4.79 Å². The van der Waals surface area contributed by atoms with E-state index in [1.165, 1.54) is 12.1 Å². The predicted octanol–water partition coefficient (Wildman–Crippen LogP) is 1.16. The number of anilines is 1. The van der Waals surface area contributed by atoms with Gasteiger partial charge in [0.25, 0.3) is 11.9 Å². The largest absolute Gasteiger partial charge is 0.424 e. The van der Waals surface area contributed by atoms with E-state index in [0.29, 0.717) is 16.1 Å². The molecule has 0 fully saturated rings. The maximum Gasteiger partial charge on any atom is 0.293 e. The van der Waals surface area contributed by atoms with Crippen molar-refractivity contribution in [1.29, 1.82) is 0 Å². The lowest BCUT2D eigenvalue weighted by Gasteiger charge is -1.96. The lowest BCUT2D eigenvalue weighted by atomic mass is 10.2. The molecule has 0 aliphatic rings. The highest BCUT2D eigenvalue weighted by molar-refractivity contribution is 6.32. The summed E-state index contributed by atoms with van der Waals surface area (Å²) in [4.78, 5) is 14.8. The minimum Gasteiger partial charge on any atom is -0.424 e. The van der Waals surface area contributed by atoms with E-state index in [2.05, 4.69) is 4.98 Å². The SMILES string of the molecule is NC(=O)c1cc(Cl)cc2oc(N)nc12. The molecule has 0 bridgehead atoms. The summed E-state index contributed by atoms with van der Waals surface area (Å²) in [5.74, 6) is -0.620. The van der Waals surface area contributed by atoms with Gasteiger partial charge in [0, 0.05) is 11.1 Å². The molecule has 72 valence electrons. The Labute approximate surface area is 83.6 Å². The summed E-state index contributed by atoms with van der Waals surface area (Å²) in [5, 5.41) is 0.349. The van der Waals surface area contributed by atoms with Crippen LogP contribution in [0.3, 0.4) is 0 Å². The molecular formula is C8H6ClN3O2. The van der Waals surface area contributed by atoms with E-state index in [-0.39, 0.29) is 11.6 Å². The van der Waals surface area contributed by atoms with Crippen LogP contribution in [0.15, 0.2) is 16.5 Å². The molecule has 6 heteroatoms. The van der Waals surface area contributed by atoms with E-state index < -0.39 is 5.91 Å². The van der Waals surface area contributed by atoms with Crippen molar-refractivity contribution in [2.75, 3.05) is 5.73 Å². The van der Waals surface area contributed by atoms with Crippen molar-refractivity contribution in [3.63, 3.8) is 0 Å². The topological polar surface area (TPSA) is 95.1 Å². The zero-order valence-corrected chi connectivity index (χ0v) is 7.71. The number of benzene rings is 1. The van der Waals surface area contributed by atoms with Gasteiger partial charge in [0.2, 0.25) is 0 Å². The van der Waals surface area contributed by atoms with Gasteiger partial charge >= 0.3 is 0 Å². The monoisotopic (exact) mass is 211 g/mol. The summed E-state index contributed by atoms with van der Waals surface area (Å²) in [5.41, 5.74) is 11.4. The maximum absolute atomic E-state index is 11.0. The van der Waals surface area contributed by atoms with Crippen LogP contribution in [0.5, 0.6) is 0 Å². The Balaban J connectivity index is 2.85. The van der Waals surface area contributed by atoms with Gasteiger partial charge in [0.15, 0.2) is 5.58 Å². The molecule has 2 rings (SSSR count). The van der Waals surface area contributed by atoms with Crippen LogP contribution in [0.25, 0.3) is 11.1 Å². The van der Waals surface area contributed by atoms with E-state index in [4.69, 9.17) is 27.5 Å². The number of carbonyl (C=O) groups excluding carboxylic acids is 1. The van der Waals surface area contributed by atoms with Gasteiger partial charge in [-0.25, -0.2) is 0 Å². The van der Waals surface area contributed by atoms with Crippen molar-refractivity contribution in [3.05, 3.63) is 22.7 Å². The number of primary amides is 1. The molecule has 1 aromatic carbocycles. The van der Waals surface area contributed by atoms with E-state index in [9.17, 15) is 4.79 Å². The molecule has 0 atom stereocenters. The maximum atomic E-state index is 11.0. The van der Waals surface area contributed by atoms with E-state index in [1.54, 1.807) is 0 Å². The van der Waals surface area contributed by atoms with E-state index in [1.807, 2.05) is 0 Å². The minimum absolute atomic E-state index is 0.0234. The number of oxazole rings is 1. The smallest absolute Gasteiger partial charge is 0.293 e. The Bertz CT molecular complexity index is 521. The van der Waals surface area contributed by atoms with Crippen LogP contribution in [0.4, 0.5) is 6.01 Å². The third-order valence-corrected chi connectivity index (χ3v) is 1.96. The van der Waals surface area contributed by atoms with Gasteiger partial charge in [-0.2, -0.15) is 4.98 Å². The molecule has 5 nitrogen and oxygen atoms in total. The van der Waals surface area contributed by atoms with Crippen LogP contribution in [0.1, 0.15) is 10.4 Å². The molecule has 14 heavy (non-hydrogen) atoms. The summed E-state index contributed by atoms with van der Waals surface area (Å²) in [6.07, 6.45) is 0. The van der Waals surface area contributed by atoms with Gasteiger partial charge in [-0.05, 0) is 6.07 Å². The minimum atomic E-state index is -0.620. The fraction of sp³-hybridized carbons (Fsp3) is 0. The Morgan fingerprint density at radius 1 is 1.50 bits per heavy atom. The van der Waals surface area contributed by atoms with Gasteiger partial charge in [-0.1, -0.05) is 11.6 Å². The summed E-state index contributed by atoms with van der Waals surface area (Å²) in [6.45, 7) is 0. The standard InChI is InChI=1S/C8H6ClN3O2/c9-3-1-4(7(10)13)6-5(2-3)14-8(11)12-6/h1-2H,(H2,10,13)(H2,11,12). The number of aromatic nitrogens is 1. The number of halogens is 1. The summed E-state index contributed by atoms with van der Waals surface area (Å²) < 4.78 is 5.01. The van der Waals surface area contributed by atoms with Crippen molar-refractivity contribution >= 4 is 34.6 Å². The summed E-state index contributed by atoms with van der Waals surface area (Å²) >= 11 is 5.74. The van der Waals surface area contributed by atoms with Crippen LogP contribution in [-0.2, 0) is 0 Å². The Morgan fingerprint density at radius 3 is 2.86 bits per heavy atom. The molecule has 0 aliphatic heterocycles. The van der Waals surface area contributed by atoms with Crippen molar-refractivity contribution < 1.29 is 9.21 Å². The summed E-state index contributed by atoms with van der Waals surface area (Å²) in [7, 11) is 0. The third-order valence-electron chi connectivity index (χ3n) is 1.74. The predicted molar refractivity (Wildman–Crippen MR) is 51.9 cm³/mol. The molecule has 0 unspecified atom stereocenters. The molecule has 0 radical (unpaired) electrons. The van der Waals surface area contributed by atoms with Crippen LogP contribution in [0, 0.1) is 0 Å². The number of nitrogens with two attached hydrogens (primary N) is 2. The number of nitrogens with zero attached hydrogens (tertiary/aromatic N) is 1. The van der Waals surface area contributed by atoms with Gasteiger partial charge in [0.1, 0.15) is 5.52 Å². The first-order chi connectivity index (χ1) is 6.58. The zero-order valence-electron chi connectivity index (χ0n) is 6.95. The number of fused-ring (bicyclic) bond motifs is 1. The van der Waals surface area contributed by atoms with Crippen molar-refractivity contribution in [2.45, 2.75) is 0 Å². The first-order valence-electron chi connectivity index (χ1n) is 3.73. The lowest BCUT2D eigenvalue weighted by molar-refractivity contribution is 0.100. The highest BCUT2D eigenvalue weighted by Gasteiger charge is 2.13. The lowest BCUT2D eigenvalue weighted by Crippen LogP contribution is -2.11. The molecule has 0 saturated heterocycles. The van der Waals surface area contributed by atoms with E-state index in [0.717, 1.165) is 0 Å². The second kappa shape index (κ2) is 2.88. The summed E-state index contributed by atoms with van der Waals surface area (Å²) in [6, 6.07) is 2.92. The second-order valence-electron chi connectivity index (χ2n) is 2.72. The van der Waals surface area contributed by atoms with Crippen LogP contribution in [-0.4, -0.2) is 10.9 Å². The molecular weight excluding hydrogens is 206 g/mol. The van der Waals surface area contributed by atoms with Crippen LogP contribution in [0.2, 0.25) is 5.02 Å². The number of hydrogen-bond acceptors (Lipinski definition) is 4. The normalized spacial score (nSPS) is 10.6. The van der Waals surface area contributed by atoms with Crippen molar-refractivity contribution in [2.24, 2.45) is 5.73 Å². The van der Waals surface area contributed by atoms with Crippen LogP contribution >= 0.6 is 11.6 Å². The third kappa shape index (κ3) is 1.27. The molecule has 0 saturated carbocycles. The van der Waals surface area contributed by atoms with E-state index >= 15 is 0 Å². The highest BCUT2D eigenvalue weighted by atomic mass is 35.5. The molecule has 1 amide bonds. The quantitative estimate of drug-likeness (QED) is 0.740. The number of hydrogen-bond donors (Lipinski definition) is 2. The molecule has 2 aromatic rings. The van der Waals surface area contributed by atoms with Gasteiger partial charge in [0.05, 0.1) is 5.56 Å². The zero-order chi connectivity index (χ0) is 10.3. The Hall–Kier alpha value is -1.75. The van der Waals surface area contributed by atoms with Gasteiger partial charge < -0.3 is 15.9 Å². The fourth-order valence-corrected chi connectivity index (χ4v) is 1.41. The molecule has 0 spiro atoms. The van der Waals surface area contributed by atoms with Crippen molar-refractivity contribution in [1.82, 2.24) is 4.98 Å². The average molecular weight is 212 g/mol. The number of rotatable bonds is 1. The highest BCUT2D eigenvalue weighted by Crippen LogP contribution is 2.24. The Kier molecular flexibility index (Phi) is 1.82. The average Bonchev–Trinajstić information content (AvgIpc) is 2.42. The fourth-order valence-electron chi connectivity index (χ4n) is 1.20. The first-order valence-corrected chi connectivity index (χ1v) is 4.11.